The molecule has 2 heterocycles. The number of amidine groups is 1. The van der Waals surface area contributed by atoms with Crippen LogP contribution in [0.4, 0.5) is 4.39 Å². The number of aromatic amines is 1. The zero-order valence-electron chi connectivity index (χ0n) is 14.6. The summed E-state index contributed by atoms with van der Waals surface area (Å²) in [5.74, 6) is 0.931. The van der Waals surface area contributed by atoms with Gasteiger partial charge in [0, 0.05) is 29.3 Å². The van der Waals surface area contributed by atoms with Crippen molar-refractivity contribution in [2.45, 2.75) is 44.1 Å². The Hall–Kier alpha value is -2.15. The molecule has 0 radical (unpaired) electrons. The molecule has 2 aliphatic rings. The predicted octanol–water partition coefficient (Wildman–Crippen LogP) is 3.52. The van der Waals surface area contributed by atoms with E-state index in [1.807, 2.05) is 13.0 Å². The molecule has 0 amide bonds. The van der Waals surface area contributed by atoms with Gasteiger partial charge in [-0.1, -0.05) is 17.8 Å². The number of nitrogens with zero attached hydrogens (tertiary/aromatic N) is 2. The molecule has 1 aromatic carbocycles. The summed E-state index contributed by atoms with van der Waals surface area (Å²) >= 11 is 1.48. The summed E-state index contributed by atoms with van der Waals surface area (Å²) in [5.41, 5.74) is 7.89. The van der Waals surface area contributed by atoms with Gasteiger partial charge in [-0.15, -0.1) is 0 Å². The Balaban J connectivity index is 1.57. The van der Waals surface area contributed by atoms with Crippen molar-refractivity contribution in [2.24, 2.45) is 10.7 Å². The smallest absolute Gasteiger partial charge is 0.187 e. The summed E-state index contributed by atoms with van der Waals surface area (Å²) in [6.45, 7) is 1.89. The average molecular weight is 372 g/mol. The summed E-state index contributed by atoms with van der Waals surface area (Å²) < 4.78 is 14.5. The lowest BCUT2D eigenvalue weighted by Gasteiger charge is -2.30. The molecule has 0 spiro atoms. The fraction of sp³-hybridized carbons (Fsp3) is 0.421. The number of hydrogen-bond donors (Lipinski definition) is 2. The first kappa shape index (κ1) is 17.3. The van der Waals surface area contributed by atoms with Crippen LogP contribution in [0.3, 0.4) is 0 Å². The molecule has 26 heavy (non-hydrogen) atoms. The molecule has 2 aromatic rings. The second-order valence-electron chi connectivity index (χ2n) is 7.22. The van der Waals surface area contributed by atoms with Crippen molar-refractivity contribution in [3.05, 3.63) is 52.6 Å². The van der Waals surface area contributed by atoms with Crippen LogP contribution in [-0.4, -0.2) is 26.9 Å². The number of nitrogens with one attached hydrogen (secondary N) is 1. The zero-order chi connectivity index (χ0) is 18.3. The number of halogens is 1. The maximum atomic E-state index is 14.5. The van der Waals surface area contributed by atoms with Crippen LogP contribution in [0.5, 0.6) is 0 Å². The van der Waals surface area contributed by atoms with Crippen LogP contribution in [0, 0.1) is 5.82 Å². The number of benzene rings is 1. The highest BCUT2D eigenvalue weighted by molar-refractivity contribution is 8.13. The minimum Gasteiger partial charge on any atom is -0.379 e. The zero-order valence-corrected chi connectivity index (χ0v) is 15.4. The highest BCUT2D eigenvalue weighted by Crippen LogP contribution is 2.39. The minimum absolute atomic E-state index is 0.0712. The van der Waals surface area contributed by atoms with Crippen LogP contribution < -0.4 is 5.73 Å². The molecule has 0 saturated heterocycles. The Morgan fingerprint density at radius 2 is 2.23 bits per heavy atom. The van der Waals surface area contributed by atoms with Gasteiger partial charge in [-0.3, -0.25) is 14.9 Å². The molecule has 0 unspecified atom stereocenters. The molecule has 3 N–H and O–H groups in total. The molecule has 1 fully saturated rings. The van der Waals surface area contributed by atoms with Crippen LogP contribution >= 0.6 is 11.8 Å². The third kappa shape index (κ3) is 3.40. The summed E-state index contributed by atoms with van der Waals surface area (Å²) in [5, 5.41) is 7.57. The summed E-state index contributed by atoms with van der Waals surface area (Å²) in [6.07, 6.45) is 3.19. The molecule has 5 nitrogen and oxygen atoms in total. The van der Waals surface area contributed by atoms with E-state index >= 15 is 0 Å². The molecule has 1 aromatic heterocycles. The van der Waals surface area contributed by atoms with E-state index in [1.54, 1.807) is 12.1 Å². The fourth-order valence-electron chi connectivity index (χ4n) is 3.33. The predicted molar refractivity (Wildman–Crippen MR) is 101 cm³/mol. The van der Waals surface area contributed by atoms with Crippen molar-refractivity contribution >= 4 is 22.7 Å². The SMILES string of the molecule is C[C@@]1(c2cc(CC(=O)c3cc(C4CC4)[nH]n3)ccc2F)CCSC(N)=N1. The van der Waals surface area contributed by atoms with Gasteiger partial charge in [-0.05, 0) is 49.9 Å². The normalized spacial score (nSPS) is 22.9. The van der Waals surface area contributed by atoms with E-state index in [-0.39, 0.29) is 18.0 Å². The highest BCUT2D eigenvalue weighted by atomic mass is 32.2. The number of thioether (sulfide) groups is 1. The number of rotatable bonds is 5. The van der Waals surface area contributed by atoms with Gasteiger partial charge >= 0.3 is 0 Å². The van der Waals surface area contributed by atoms with E-state index in [4.69, 9.17) is 5.73 Å². The Kier molecular flexibility index (Phi) is 4.34. The lowest BCUT2D eigenvalue weighted by Crippen LogP contribution is -2.29. The summed E-state index contributed by atoms with van der Waals surface area (Å²) in [7, 11) is 0. The number of ketones is 1. The van der Waals surface area contributed by atoms with Gasteiger partial charge in [0.25, 0.3) is 0 Å². The van der Waals surface area contributed by atoms with Gasteiger partial charge in [0.05, 0.1) is 5.54 Å². The number of Topliss-reactive ketones (excluding diaryl/α,β-unsaturated/α-hetero) is 1. The van der Waals surface area contributed by atoms with Crippen molar-refractivity contribution in [1.29, 1.82) is 0 Å². The van der Waals surface area contributed by atoms with Gasteiger partial charge in [0.15, 0.2) is 11.0 Å². The van der Waals surface area contributed by atoms with Crippen LogP contribution in [-0.2, 0) is 12.0 Å². The van der Waals surface area contributed by atoms with E-state index < -0.39 is 5.54 Å². The topological polar surface area (TPSA) is 84.1 Å². The van der Waals surface area contributed by atoms with Gasteiger partial charge in [-0.2, -0.15) is 5.10 Å². The number of nitrogens with two attached hydrogens (primary N) is 1. The second-order valence-corrected chi connectivity index (χ2v) is 8.33. The molecule has 0 bridgehead atoms. The summed E-state index contributed by atoms with van der Waals surface area (Å²) in [4.78, 5) is 17.0. The number of aliphatic imine (C=N–C) groups is 1. The molecule has 4 rings (SSSR count). The molecule has 1 atom stereocenters. The maximum absolute atomic E-state index is 14.5. The van der Waals surface area contributed by atoms with E-state index in [9.17, 15) is 9.18 Å². The highest BCUT2D eigenvalue weighted by Gasteiger charge is 2.32. The lowest BCUT2D eigenvalue weighted by atomic mass is 9.87. The number of hydrogen-bond acceptors (Lipinski definition) is 5. The molecule has 7 heteroatoms. The molecular weight excluding hydrogens is 351 g/mol. The molecule has 1 aliphatic heterocycles. The number of H-pyrrole nitrogens is 1. The van der Waals surface area contributed by atoms with Crippen LogP contribution in [0.25, 0.3) is 0 Å². The first-order valence-electron chi connectivity index (χ1n) is 8.80. The van der Waals surface area contributed by atoms with Crippen molar-refractivity contribution in [2.75, 3.05) is 5.75 Å². The first-order valence-corrected chi connectivity index (χ1v) is 9.79. The van der Waals surface area contributed by atoms with Gasteiger partial charge in [-0.25, -0.2) is 4.39 Å². The molecule has 1 aliphatic carbocycles. The van der Waals surface area contributed by atoms with Crippen molar-refractivity contribution in [3.63, 3.8) is 0 Å². The summed E-state index contributed by atoms with van der Waals surface area (Å²) in [6, 6.07) is 6.65. The number of aromatic nitrogens is 2. The Bertz CT molecular complexity index is 889. The van der Waals surface area contributed by atoms with Crippen molar-refractivity contribution in [3.8, 4) is 0 Å². The van der Waals surface area contributed by atoms with Crippen LogP contribution in [0.15, 0.2) is 29.3 Å². The number of carbonyl (C=O) groups is 1. The fourth-order valence-corrected chi connectivity index (χ4v) is 4.31. The third-order valence-corrected chi connectivity index (χ3v) is 5.87. The molecule has 1 saturated carbocycles. The maximum Gasteiger partial charge on any atom is 0.187 e. The van der Waals surface area contributed by atoms with E-state index in [2.05, 4.69) is 15.2 Å². The van der Waals surface area contributed by atoms with E-state index in [1.165, 1.54) is 17.8 Å². The quantitative estimate of drug-likeness (QED) is 0.787. The lowest BCUT2D eigenvalue weighted by molar-refractivity contribution is 0.0988. The van der Waals surface area contributed by atoms with E-state index in [0.29, 0.717) is 28.8 Å². The van der Waals surface area contributed by atoms with Crippen LogP contribution in [0.1, 0.15) is 59.4 Å². The third-order valence-electron chi connectivity index (χ3n) is 5.07. The molecular formula is C19H21FN4OS. The monoisotopic (exact) mass is 372 g/mol. The Morgan fingerprint density at radius 3 is 2.96 bits per heavy atom. The Labute approximate surface area is 155 Å². The first-order chi connectivity index (χ1) is 12.4. The average Bonchev–Trinajstić information content (AvgIpc) is 3.33. The van der Waals surface area contributed by atoms with Crippen molar-refractivity contribution in [1.82, 2.24) is 10.2 Å². The minimum atomic E-state index is -0.691. The second kappa shape index (κ2) is 6.54. The van der Waals surface area contributed by atoms with Gasteiger partial charge in [0.1, 0.15) is 11.5 Å². The largest absolute Gasteiger partial charge is 0.379 e. The van der Waals surface area contributed by atoms with E-state index in [0.717, 1.165) is 29.9 Å². The standard InChI is InChI=1S/C19H21FN4OS/c1-19(6-7-26-18(21)22-19)13-8-11(2-5-14(13)20)9-17(25)16-10-15(23-24-16)12-3-4-12/h2,5,8,10,12H,3-4,6-7,9H2,1H3,(H2,21,22)(H,23,24)/t19-/m0/s1. The number of carbonyl (C=O) groups excluding carboxylic acids is 1. The van der Waals surface area contributed by atoms with Gasteiger partial charge in [0.2, 0.25) is 0 Å². The van der Waals surface area contributed by atoms with Crippen molar-refractivity contribution < 1.29 is 9.18 Å². The van der Waals surface area contributed by atoms with Crippen LogP contribution in [0.2, 0.25) is 0 Å². The molecule has 136 valence electrons. The Morgan fingerprint density at radius 1 is 1.42 bits per heavy atom. The van der Waals surface area contributed by atoms with Gasteiger partial charge < -0.3 is 5.73 Å².